The first kappa shape index (κ1) is 19.3. The number of halogens is 2. The lowest BCUT2D eigenvalue weighted by atomic mass is 10.2. The van der Waals surface area contributed by atoms with Gasteiger partial charge in [-0.3, -0.25) is 10.1 Å². The lowest BCUT2D eigenvalue weighted by molar-refractivity contribution is 0.0969. The van der Waals surface area contributed by atoms with Crippen LogP contribution in [-0.4, -0.2) is 31.3 Å². The summed E-state index contributed by atoms with van der Waals surface area (Å²) >= 11 is 8.42. The Bertz CT molecular complexity index is 773. The number of methoxy groups -OCH3 is 1. The summed E-state index contributed by atoms with van der Waals surface area (Å²) < 4.78 is 24.4. The molecular weight excluding hydrogens is 411 g/mol. The van der Waals surface area contributed by atoms with Gasteiger partial charge >= 0.3 is 0 Å². The molecule has 2 aromatic carbocycles. The summed E-state index contributed by atoms with van der Waals surface area (Å²) in [5.74, 6) is -0.436. The molecule has 8 heteroatoms. The number of amides is 1. The largest absolute Gasteiger partial charge is 0.490 e. The summed E-state index contributed by atoms with van der Waals surface area (Å²) in [6.07, 6.45) is 0. The van der Waals surface area contributed by atoms with Gasteiger partial charge in [0.1, 0.15) is 18.2 Å². The molecule has 0 heterocycles. The van der Waals surface area contributed by atoms with Crippen LogP contribution >= 0.6 is 28.1 Å². The van der Waals surface area contributed by atoms with Gasteiger partial charge in [0.2, 0.25) is 0 Å². The van der Waals surface area contributed by atoms with E-state index >= 15 is 0 Å². The first-order valence-electron chi connectivity index (χ1n) is 7.29. The molecule has 5 nitrogen and oxygen atoms in total. The standard InChI is InChI=1S/C17H16BrFN2O3S/c1-23-7-8-24-15-6-5-11(18)9-14(15)16(22)21-17(25)20-13-4-2-3-12(19)10-13/h2-6,9-10H,7-8H2,1H3,(H2,20,21,22,25). The second-order valence-corrected chi connectivity index (χ2v) is 6.22. The molecule has 132 valence electrons. The minimum Gasteiger partial charge on any atom is -0.490 e. The van der Waals surface area contributed by atoms with Gasteiger partial charge in [-0.2, -0.15) is 0 Å². The van der Waals surface area contributed by atoms with E-state index < -0.39 is 11.7 Å². The maximum absolute atomic E-state index is 13.2. The normalized spacial score (nSPS) is 10.2. The van der Waals surface area contributed by atoms with Crippen molar-refractivity contribution in [2.24, 2.45) is 0 Å². The van der Waals surface area contributed by atoms with Gasteiger partial charge in [-0.15, -0.1) is 0 Å². The van der Waals surface area contributed by atoms with Gasteiger partial charge < -0.3 is 14.8 Å². The van der Waals surface area contributed by atoms with Gasteiger partial charge in [-0.1, -0.05) is 22.0 Å². The minimum absolute atomic E-state index is 0.0541. The molecule has 0 aliphatic heterocycles. The van der Waals surface area contributed by atoms with Crippen LogP contribution in [0.2, 0.25) is 0 Å². The first-order valence-corrected chi connectivity index (χ1v) is 8.49. The van der Waals surface area contributed by atoms with Crippen molar-refractivity contribution in [3.05, 3.63) is 58.3 Å². The Morgan fingerprint density at radius 1 is 1.24 bits per heavy atom. The van der Waals surface area contributed by atoms with Crippen LogP contribution in [0.15, 0.2) is 46.9 Å². The highest BCUT2D eigenvalue weighted by Crippen LogP contribution is 2.23. The van der Waals surface area contributed by atoms with Crippen LogP contribution in [0.1, 0.15) is 10.4 Å². The molecule has 0 spiro atoms. The summed E-state index contributed by atoms with van der Waals surface area (Å²) in [7, 11) is 1.56. The van der Waals surface area contributed by atoms with Crippen LogP contribution in [0.3, 0.4) is 0 Å². The summed E-state index contributed by atoms with van der Waals surface area (Å²) in [5, 5.41) is 5.36. The van der Waals surface area contributed by atoms with Crippen molar-refractivity contribution in [2.45, 2.75) is 0 Å². The van der Waals surface area contributed by atoms with Crippen LogP contribution in [0.4, 0.5) is 10.1 Å². The Labute approximate surface area is 158 Å². The quantitative estimate of drug-likeness (QED) is 0.544. The number of ether oxygens (including phenoxy) is 2. The molecule has 0 saturated carbocycles. The van der Waals surface area contributed by atoms with Crippen molar-refractivity contribution in [2.75, 3.05) is 25.6 Å². The Morgan fingerprint density at radius 2 is 2.04 bits per heavy atom. The van der Waals surface area contributed by atoms with Gasteiger partial charge in [-0.05, 0) is 48.6 Å². The Hall–Kier alpha value is -2.03. The molecule has 0 aromatic heterocycles. The third-order valence-electron chi connectivity index (χ3n) is 3.04. The molecule has 1 amide bonds. The maximum Gasteiger partial charge on any atom is 0.261 e. The summed E-state index contributed by atoms with van der Waals surface area (Å²) in [6, 6.07) is 10.8. The molecule has 0 radical (unpaired) electrons. The molecule has 0 fully saturated rings. The van der Waals surface area contributed by atoms with E-state index in [1.54, 1.807) is 31.4 Å². The van der Waals surface area contributed by atoms with Crippen LogP contribution in [-0.2, 0) is 4.74 Å². The summed E-state index contributed by atoms with van der Waals surface area (Å²) in [5.41, 5.74) is 0.755. The zero-order chi connectivity index (χ0) is 18.2. The number of hydrogen-bond donors (Lipinski definition) is 2. The molecule has 0 saturated heterocycles. The molecule has 0 unspecified atom stereocenters. The van der Waals surface area contributed by atoms with Crippen molar-refractivity contribution in [1.82, 2.24) is 5.32 Å². The number of anilines is 1. The van der Waals surface area contributed by atoms with Gasteiger partial charge in [0.15, 0.2) is 5.11 Å². The van der Waals surface area contributed by atoms with Gasteiger partial charge in [0.25, 0.3) is 5.91 Å². The molecule has 2 aromatic rings. The SMILES string of the molecule is COCCOc1ccc(Br)cc1C(=O)NC(=S)Nc1cccc(F)c1. The molecule has 2 rings (SSSR count). The number of carbonyl (C=O) groups excluding carboxylic acids is 1. The van der Waals surface area contributed by atoms with E-state index in [9.17, 15) is 9.18 Å². The lowest BCUT2D eigenvalue weighted by Gasteiger charge is -2.13. The van der Waals surface area contributed by atoms with Crippen molar-refractivity contribution in [1.29, 1.82) is 0 Å². The molecule has 0 atom stereocenters. The minimum atomic E-state index is -0.442. The van der Waals surface area contributed by atoms with E-state index in [0.717, 1.165) is 4.47 Å². The number of thiocarbonyl (C=S) groups is 1. The number of hydrogen-bond acceptors (Lipinski definition) is 4. The highest BCUT2D eigenvalue weighted by Gasteiger charge is 2.15. The molecule has 0 aliphatic rings. The monoisotopic (exact) mass is 426 g/mol. The number of rotatable bonds is 6. The molecule has 25 heavy (non-hydrogen) atoms. The second-order valence-electron chi connectivity index (χ2n) is 4.90. The average Bonchev–Trinajstić information content (AvgIpc) is 2.56. The number of benzene rings is 2. The Balaban J connectivity index is 2.06. The lowest BCUT2D eigenvalue weighted by Crippen LogP contribution is -2.34. The predicted molar refractivity (Wildman–Crippen MR) is 102 cm³/mol. The van der Waals surface area contributed by atoms with Crippen molar-refractivity contribution in [3.63, 3.8) is 0 Å². The highest BCUT2D eigenvalue weighted by molar-refractivity contribution is 9.10. The zero-order valence-electron chi connectivity index (χ0n) is 13.3. The van der Waals surface area contributed by atoms with Crippen LogP contribution in [0.5, 0.6) is 5.75 Å². The van der Waals surface area contributed by atoms with E-state index in [1.807, 2.05) is 0 Å². The molecular formula is C17H16BrFN2O3S. The van der Waals surface area contributed by atoms with Crippen molar-refractivity contribution < 1.29 is 18.7 Å². The smallest absolute Gasteiger partial charge is 0.261 e. The molecule has 0 aliphatic carbocycles. The summed E-state index contributed by atoms with van der Waals surface area (Å²) in [4.78, 5) is 12.5. The van der Waals surface area contributed by atoms with Gasteiger partial charge in [0.05, 0.1) is 12.2 Å². The second kappa shape index (κ2) is 9.45. The van der Waals surface area contributed by atoms with Crippen molar-refractivity contribution in [3.8, 4) is 5.75 Å². The first-order chi connectivity index (χ1) is 12.0. The van der Waals surface area contributed by atoms with Crippen LogP contribution < -0.4 is 15.4 Å². The Kier molecular flexibility index (Phi) is 7.30. The van der Waals surface area contributed by atoms with E-state index in [4.69, 9.17) is 21.7 Å². The number of nitrogens with one attached hydrogen (secondary N) is 2. The van der Waals surface area contributed by atoms with Gasteiger partial charge in [-0.25, -0.2) is 4.39 Å². The fourth-order valence-electron chi connectivity index (χ4n) is 1.94. The van der Waals surface area contributed by atoms with E-state index in [2.05, 4.69) is 26.6 Å². The fourth-order valence-corrected chi connectivity index (χ4v) is 2.51. The van der Waals surface area contributed by atoms with E-state index in [1.165, 1.54) is 18.2 Å². The van der Waals surface area contributed by atoms with Crippen molar-refractivity contribution >= 4 is 44.9 Å². The van der Waals surface area contributed by atoms with E-state index in [0.29, 0.717) is 30.2 Å². The third-order valence-corrected chi connectivity index (χ3v) is 3.74. The third kappa shape index (κ3) is 6.08. The highest BCUT2D eigenvalue weighted by atomic mass is 79.9. The predicted octanol–water partition coefficient (Wildman–Crippen LogP) is 3.74. The van der Waals surface area contributed by atoms with Crippen LogP contribution in [0, 0.1) is 5.82 Å². The van der Waals surface area contributed by atoms with Gasteiger partial charge in [0, 0.05) is 17.3 Å². The maximum atomic E-state index is 13.2. The summed E-state index contributed by atoms with van der Waals surface area (Å²) in [6.45, 7) is 0.709. The zero-order valence-corrected chi connectivity index (χ0v) is 15.7. The molecule has 2 N–H and O–H groups in total. The Morgan fingerprint density at radius 3 is 2.76 bits per heavy atom. The van der Waals surface area contributed by atoms with Crippen LogP contribution in [0.25, 0.3) is 0 Å². The fraction of sp³-hybridized carbons (Fsp3) is 0.176. The van der Waals surface area contributed by atoms with E-state index in [-0.39, 0.29) is 5.11 Å². The average molecular weight is 427 g/mol. The number of carbonyl (C=O) groups is 1. The molecule has 0 bridgehead atoms. The topological polar surface area (TPSA) is 59.6 Å².